The van der Waals surface area contributed by atoms with Crippen molar-refractivity contribution in [2.75, 3.05) is 13.7 Å². The third-order valence-corrected chi connectivity index (χ3v) is 11.5. The van der Waals surface area contributed by atoms with E-state index in [9.17, 15) is 68.7 Å². The SMILES string of the molecule is CCC/C=C\c1ccccc1/C=C/C(=O)N[C@H](C(=O)N(C)/C(=C/c1ccc(O)cc1)C(=O)N[C@@H](CC(C)C)C(=O)N[C@H](Cc1ccccc1)C(=O)N[C@H](C(=O)N[C@@H](CC(N)=O)C(=O)N[C@@H](CO)C(=O)O)[C@H](C)O)[C@@H](C)O. The second-order valence-corrected chi connectivity index (χ2v) is 18.3. The zero-order valence-electron chi connectivity index (χ0n) is 43.3. The van der Waals surface area contributed by atoms with Crippen LogP contribution in [0.1, 0.15) is 82.6 Å². The van der Waals surface area contributed by atoms with Gasteiger partial charge in [0.05, 0.1) is 25.2 Å². The summed E-state index contributed by atoms with van der Waals surface area (Å²) in [5, 5.41) is 64.5. The molecule has 0 bridgehead atoms. The molecule has 0 aliphatic carbocycles. The molecular weight excluding hydrogens is 985 g/mol. The number of likely N-dealkylation sites (N-methyl/N-ethyl adjacent to an activating group) is 1. The Labute approximate surface area is 440 Å². The highest BCUT2D eigenvalue weighted by Crippen LogP contribution is 2.19. The number of amides is 8. The van der Waals surface area contributed by atoms with E-state index in [2.05, 4.69) is 26.6 Å². The molecule has 8 atom stereocenters. The van der Waals surface area contributed by atoms with E-state index >= 15 is 0 Å². The average Bonchev–Trinajstić information content (AvgIpc) is 3.36. The number of aliphatic carboxylic acids is 1. The molecule has 0 aliphatic heterocycles. The summed E-state index contributed by atoms with van der Waals surface area (Å²) in [5.74, 6) is -10.2. The van der Waals surface area contributed by atoms with Gasteiger partial charge in [-0.15, -0.1) is 0 Å². The summed E-state index contributed by atoms with van der Waals surface area (Å²) in [6, 6.07) is 11.1. The second-order valence-electron chi connectivity index (χ2n) is 18.3. The van der Waals surface area contributed by atoms with Crippen molar-refractivity contribution in [3.63, 3.8) is 0 Å². The number of hydrogen-bond donors (Lipinski definition) is 12. The molecule has 0 aliphatic rings. The standard InChI is InChI=1S/C54H70N8O14/c1-7-8-10-17-36-18-13-14-19-37(36)22-25-45(68)60-47(33(5)65)53(74)62(6)43(28-35-20-23-38(66)24-21-35)51(72)57-39(26-31(2)3)48(69)56-40(27-34-15-11-9-12-16-34)50(71)61-46(32(4)64)52(73)58-41(29-44(55)67)49(70)59-42(30-63)54(75)76/h9-25,28,31-33,39-42,46-47,63-66H,7-8,26-27,29-30H2,1-6H3,(H2,55,67)(H,56,69)(H,57,72)(H,58,73)(H,59,70)(H,60,68)(H,61,71)(H,75,76)/b17-10-,25-22+,43-28+/t32-,33+,39-,40+,41-,42-,46-,47-/m0/s1. The number of carboxylic acid groups (broad SMARTS) is 1. The molecule has 0 spiro atoms. The first kappa shape index (κ1) is 62.1. The van der Waals surface area contributed by atoms with E-state index in [4.69, 9.17) is 5.73 Å². The van der Waals surface area contributed by atoms with Gasteiger partial charge in [-0.05, 0) is 79.1 Å². The van der Waals surface area contributed by atoms with Crippen LogP contribution in [-0.4, -0.2) is 146 Å². The maximum absolute atomic E-state index is 14.6. The predicted molar refractivity (Wildman–Crippen MR) is 281 cm³/mol. The van der Waals surface area contributed by atoms with Crippen LogP contribution < -0.4 is 37.6 Å². The number of nitrogens with zero attached hydrogens (tertiary/aromatic N) is 1. The maximum Gasteiger partial charge on any atom is 0.328 e. The van der Waals surface area contributed by atoms with Gasteiger partial charge in [-0.1, -0.05) is 106 Å². The Hall–Kier alpha value is -8.21. The number of nitrogens with one attached hydrogen (secondary N) is 6. The number of aliphatic hydroxyl groups is 3. The minimum absolute atomic E-state index is 0.0430. The van der Waals surface area contributed by atoms with E-state index in [0.29, 0.717) is 16.7 Å². The van der Waals surface area contributed by atoms with Crippen molar-refractivity contribution in [2.45, 2.75) is 115 Å². The van der Waals surface area contributed by atoms with Crippen molar-refractivity contribution in [2.24, 2.45) is 11.7 Å². The summed E-state index contributed by atoms with van der Waals surface area (Å²) in [6.45, 7) is 6.89. The summed E-state index contributed by atoms with van der Waals surface area (Å²) in [7, 11) is 1.22. The highest BCUT2D eigenvalue weighted by atomic mass is 16.4. The van der Waals surface area contributed by atoms with Crippen molar-refractivity contribution < 1.29 is 68.7 Å². The Balaban J connectivity index is 1.98. The van der Waals surface area contributed by atoms with E-state index in [1.165, 1.54) is 50.4 Å². The number of phenolic OH excluding ortho intramolecular Hbond substituents is 1. The lowest BCUT2D eigenvalue weighted by Crippen LogP contribution is -2.62. The van der Waals surface area contributed by atoms with Gasteiger partial charge in [-0.2, -0.15) is 0 Å². The number of nitrogens with two attached hydrogens (primary N) is 1. The number of primary amides is 1. The van der Waals surface area contributed by atoms with E-state index in [-0.39, 0.29) is 30.2 Å². The number of carbonyl (C=O) groups is 9. The Bertz CT molecular complexity index is 2580. The van der Waals surface area contributed by atoms with Crippen molar-refractivity contribution in [1.82, 2.24) is 36.8 Å². The zero-order valence-corrected chi connectivity index (χ0v) is 43.3. The smallest absolute Gasteiger partial charge is 0.328 e. The summed E-state index contributed by atoms with van der Waals surface area (Å²) >= 11 is 0. The lowest BCUT2D eigenvalue weighted by atomic mass is 10.00. The first-order valence-electron chi connectivity index (χ1n) is 24.5. The van der Waals surface area contributed by atoms with Gasteiger partial charge < -0.3 is 68.1 Å². The fraction of sp³-hybridized carbons (Fsp3) is 0.389. The summed E-state index contributed by atoms with van der Waals surface area (Å²) in [5.41, 5.74) is 7.29. The molecule has 0 radical (unpaired) electrons. The number of benzene rings is 3. The predicted octanol–water partition coefficient (Wildman–Crippen LogP) is 0.630. The monoisotopic (exact) mass is 1050 g/mol. The Kier molecular flexibility index (Phi) is 25.2. The quantitative estimate of drug-likeness (QED) is 0.0425. The van der Waals surface area contributed by atoms with Crippen molar-refractivity contribution in [3.05, 3.63) is 119 Å². The van der Waals surface area contributed by atoms with Gasteiger partial charge in [-0.3, -0.25) is 38.4 Å². The molecule has 0 unspecified atom stereocenters. The van der Waals surface area contributed by atoms with Gasteiger partial charge in [0, 0.05) is 19.5 Å². The highest BCUT2D eigenvalue weighted by Gasteiger charge is 2.37. The summed E-state index contributed by atoms with van der Waals surface area (Å²) < 4.78 is 0. The molecule has 22 heteroatoms. The molecule has 0 heterocycles. The lowest BCUT2D eigenvalue weighted by Gasteiger charge is -2.29. The molecule has 3 aromatic rings. The number of aliphatic hydroxyl groups excluding tert-OH is 3. The number of aromatic hydroxyl groups is 1. The van der Waals surface area contributed by atoms with E-state index < -0.39 is 115 Å². The lowest BCUT2D eigenvalue weighted by molar-refractivity contribution is -0.143. The van der Waals surface area contributed by atoms with Crippen LogP contribution in [0.3, 0.4) is 0 Å². The van der Waals surface area contributed by atoms with Crippen LogP contribution >= 0.6 is 0 Å². The largest absolute Gasteiger partial charge is 0.508 e. The number of unbranched alkanes of at least 4 members (excludes halogenated alkanes) is 1. The minimum atomic E-state index is -1.87. The molecule has 3 aromatic carbocycles. The number of rotatable bonds is 29. The van der Waals surface area contributed by atoms with E-state index in [1.54, 1.807) is 62.4 Å². The molecule has 410 valence electrons. The Morgan fingerprint density at radius 2 is 1.21 bits per heavy atom. The molecule has 0 saturated carbocycles. The van der Waals surface area contributed by atoms with E-state index in [0.717, 1.165) is 30.2 Å². The fourth-order valence-corrected chi connectivity index (χ4v) is 7.37. The highest BCUT2D eigenvalue weighted by molar-refractivity contribution is 6.05. The number of hydrogen-bond acceptors (Lipinski definition) is 13. The second kappa shape index (κ2) is 30.9. The van der Waals surface area contributed by atoms with Gasteiger partial charge in [0.15, 0.2) is 0 Å². The van der Waals surface area contributed by atoms with E-state index in [1.807, 2.05) is 36.5 Å². The molecule has 0 fully saturated rings. The number of phenols is 1. The normalized spacial score (nSPS) is 14.7. The van der Waals surface area contributed by atoms with Crippen molar-refractivity contribution in [1.29, 1.82) is 0 Å². The molecule has 0 aromatic heterocycles. The van der Waals surface area contributed by atoms with Crippen LogP contribution in [0.4, 0.5) is 0 Å². The van der Waals surface area contributed by atoms with Gasteiger partial charge in [0.2, 0.25) is 35.4 Å². The minimum Gasteiger partial charge on any atom is -0.508 e. The topological polar surface area (TPSA) is 356 Å². The van der Waals surface area contributed by atoms with Gasteiger partial charge in [-0.25, -0.2) is 4.79 Å². The third kappa shape index (κ3) is 20.2. The molecular formula is C54H70N8O14. The fourth-order valence-electron chi connectivity index (χ4n) is 7.37. The van der Waals surface area contributed by atoms with Crippen molar-refractivity contribution in [3.8, 4) is 5.75 Å². The average molecular weight is 1060 g/mol. The molecule has 22 nitrogen and oxygen atoms in total. The molecule has 13 N–H and O–H groups in total. The molecule has 3 rings (SSSR count). The first-order chi connectivity index (χ1) is 35.9. The number of carboxylic acids is 1. The molecule has 8 amide bonds. The Morgan fingerprint density at radius 1 is 0.658 bits per heavy atom. The van der Waals surface area contributed by atoms with Crippen LogP contribution in [0.5, 0.6) is 5.75 Å². The van der Waals surface area contributed by atoms with Crippen LogP contribution in [0.15, 0.2) is 96.7 Å². The summed E-state index contributed by atoms with van der Waals surface area (Å²) in [4.78, 5) is 122. The van der Waals surface area contributed by atoms with Crippen LogP contribution in [0.25, 0.3) is 18.2 Å². The van der Waals surface area contributed by atoms with Gasteiger partial charge >= 0.3 is 5.97 Å². The first-order valence-corrected chi connectivity index (χ1v) is 24.5. The third-order valence-electron chi connectivity index (χ3n) is 11.5. The van der Waals surface area contributed by atoms with Gasteiger partial charge in [0.25, 0.3) is 11.8 Å². The maximum atomic E-state index is 14.6. The van der Waals surface area contributed by atoms with Crippen molar-refractivity contribution >= 4 is 71.5 Å². The number of carbonyl (C=O) groups excluding carboxylic acids is 8. The Morgan fingerprint density at radius 3 is 1.76 bits per heavy atom. The zero-order chi connectivity index (χ0) is 56.6. The molecule has 76 heavy (non-hydrogen) atoms. The summed E-state index contributed by atoms with van der Waals surface area (Å²) in [6.07, 6.45) is 5.49. The van der Waals surface area contributed by atoms with Crippen LogP contribution in [-0.2, 0) is 49.6 Å². The van der Waals surface area contributed by atoms with Crippen LogP contribution in [0, 0.1) is 5.92 Å². The van der Waals surface area contributed by atoms with Gasteiger partial charge in [0.1, 0.15) is 47.7 Å². The van der Waals surface area contributed by atoms with Crippen LogP contribution in [0.2, 0.25) is 0 Å². The number of allylic oxidation sites excluding steroid dienone is 1. The molecule has 0 saturated heterocycles.